The van der Waals surface area contributed by atoms with E-state index in [0.29, 0.717) is 0 Å². The highest BCUT2D eigenvalue weighted by molar-refractivity contribution is 6.74. The number of nitrogens with one attached hydrogen (secondary N) is 1. The fraction of sp³-hybridized carbons (Fsp3) is 0.833. The number of aromatic nitrogens is 2. The molecule has 1 aliphatic carbocycles. The standard InChI is InChI=1S/C24H42F2N2O5Si2/c1-22(2,3)34(7,8)31-14-24(15-11-12-15)18(33-35(9,10)23(4,5)6)17(26)20(32-24)28-13-16(25)19(29)27-21(28)30/h13,15,17-18,20H,11-12,14H2,1-10H3,(H,27,29,30)/t17-,18-,20+,24-/m0/s1. The van der Waals surface area contributed by atoms with E-state index < -0.39 is 57.8 Å². The maximum Gasteiger partial charge on any atom is 0.330 e. The summed E-state index contributed by atoms with van der Waals surface area (Å²) in [7, 11) is -4.71. The number of aromatic amines is 1. The molecule has 1 aromatic rings. The molecule has 2 fully saturated rings. The van der Waals surface area contributed by atoms with Crippen molar-refractivity contribution in [2.24, 2.45) is 5.92 Å². The van der Waals surface area contributed by atoms with Gasteiger partial charge in [0.05, 0.1) is 12.8 Å². The molecule has 1 saturated carbocycles. The SMILES string of the molecule is CC(C)(C)[Si](C)(C)OC[C@@]1(C2CC2)O[C@@H](n2cc(F)c(=O)[nH]c2=O)[C@@H](F)[C@@H]1O[Si](C)(C)C(C)(C)C. The summed E-state index contributed by atoms with van der Waals surface area (Å²) in [6.45, 7) is 21.1. The van der Waals surface area contributed by atoms with Crippen LogP contribution in [-0.2, 0) is 13.6 Å². The Bertz CT molecular complexity index is 1060. The number of rotatable bonds is 7. The summed E-state index contributed by atoms with van der Waals surface area (Å²) in [4.78, 5) is 26.1. The number of nitrogens with zero attached hydrogens (tertiary/aromatic N) is 1. The molecular formula is C24H42F2N2O5Si2. The first-order chi connectivity index (χ1) is 15.7. The van der Waals surface area contributed by atoms with Crippen LogP contribution in [0.4, 0.5) is 8.78 Å². The molecule has 35 heavy (non-hydrogen) atoms. The minimum atomic E-state index is -2.48. The van der Waals surface area contributed by atoms with Crippen LogP contribution in [0.25, 0.3) is 0 Å². The molecule has 200 valence electrons. The third-order valence-electron chi connectivity index (χ3n) is 8.54. The number of alkyl halides is 1. The Morgan fingerprint density at radius 3 is 2.11 bits per heavy atom. The van der Waals surface area contributed by atoms with Crippen LogP contribution in [0, 0.1) is 11.7 Å². The second-order valence-electron chi connectivity index (χ2n) is 13.2. The molecular weight excluding hydrogens is 490 g/mol. The highest BCUT2D eigenvalue weighted by Crippen LogP contribution is 2.55. The van der Waals surface area contributed by atoms with Crippen molar-refractivity contribution in [3.05, 3.63) is 32.9 Å². The van der Waals surface area contributed by atoms with Crippen LogP contribution in [0.3, 0.4) is 0 Å². The summed E-state index contributed by atoms with van der Waals surface area (Å²) in [6, 6.07) is 0. The van der Waals surface area contributed by atoms with Crippen LogP contribution >= 0.6 is 0 Å². The number of H-pyrrole nitrogens is 1. The van der Waals surface area contributed by atoms with Crippen molar-refractivity contribution in [2.45, 2.75) is 115 Å². The molecule has 2 heterocycles. The quantitative estimate of drug-likeness (QED) is 0.494. The third-order valence-corrected chi connectivity index (χ3v) is 17.5. The number of hydrogen-bond acceptors (Lipinski definition) is 5. The Balaban J connectivity index is 2.10. The van der Waals surface area contributed by atoms with Crippen molar-refractivity contribution in [3.8, 4) is 0 Å². The van der Waals surface area contributed by atoms with Gasteiger partial charge in [0.25, 0.3) is 5.56 Å². The second-order valence-corrected chi connectivity index (χ2v) is 22.7. The van der Waals surface area contributed by atoms with E-state index in [4.69, 9.17) is 13.6 Å². The Kier molecular flexibility index (Phi) is 7.31. The van der Waals surface area contributed by atoms with Crippen LogP contribution in [0.5, 0.6) is 0 Å². The fourth-order valence-corrected chi connectivity index (χ4v) is 6.28. The van der Waals surface area contributed by atoms with Crippen LogP contribution < -0.4 is 11.2 Å². The first kappa shape index (κ1) is 28.4. The van der Waals surface area contributed by atoms with Crippen molar-refractivity contribution in [3.63, 3.8) is 0 Å². The Hall–Kier alpha value is -1.15. The molecule has 7 nitrogen and oxygen atoms in total. The molecule has 3 rings (SSSR count). The smallest absolute Gasteiger partial charge is 0.330 e. The summed E-state index contributed by atoms with van der Waals surface area (Å²) in [5.74, 6) is -1.18. The van der Waals surface area contributed by atoms with E-state index in [1.807, 2.05) is 18.1 Å². The van der Waals surface area contributed by atoms with Gasteiger partial charge in [0.2, 0.25) is 5.82 Å². The van der Waals surface area contributed by atoms with Crippen molar-refractivity contribution in [1.82, 2.24) is 9.55 Å². The zero-order valence-electron chi connectivity index (χ0n) is 22.8. The van der Waals surface area contributed by atoms with E-state index >= 15 is 4.39 Å². The van der Waals surface area contributed by atoms with Crippen molar-refractivity contribution in [2.75, 3.05) is 6.61 Å². The monoisotopic (exact) mass is 532 g/mol. The molecule has 0 aromatic carbocycles. The predicted octanol–water partition coefficient (Wildman–Crippen LogP) is 5.10. The van der Waals surface area contributed by atoms with Crippen molar-refractivity contribution >= 4 is 16.6 Å². The molecule has 4 atom stereocenters. The summed E-state index contributed by atoms with van der Waals surface area (Å²) >= 11 is 0. The minimum absolute atomic E-state index is 0.00593. The van der Waals surface area contributed by atoms with E-state index in [9.17, 15) is 14.0 Å². The second kappa shape index (κ2) is 9.00. The van der Waals surface area contributed by atoms with Crippen LogP contribution in [0.2, 0.25) is 36.3 Å². The van der Waals surface area contributed by atoms with Gasteiger partial charge in [0.15, 0.2) is 29.0 Å². The number of hydrogen-bond donors (Lipinski definition) is 1. The number of ether oxygens (including phenoxy) is 1. The van der Waals surface area contributed by atoms with E-state index in [0.717, 1.165) is 23.6 Å². The van der Waals surface area contributed by atoms with Crippen LogP contribution in [0.1, 0.15) is 60.6 Å². The van der Waals surface area contributed by atoms with Crippen molar-refractivity contribution < 1.29 is 22.4 Å². The Morgan fingerprint density at radius 2 is 1.63 bits per heavy atom. The largest absolute Gasteiger partial charge is 0.414 e. The highest BCUT2D eigenvalue weighted by Gasteiger charge is 2.65. The zero-order chi connectivity index (χ0) is 26.8. The van der Waals surface area contributed by atoms with Gasteiger partial charge < -0.3 is 13.6 Å². The van der Waals surface area contributed by atoms with Crippen LogP contribution in [0.15, 0.2) is 15.8 Å². The lowest BCUT2D eigenvalue weighted by Crippen LogP contribution is -2.57. The van der Waals surface area contributed by atoms with E-state index in [-0.39, 0.29) is 22.6 Å². The van der Waals surface area contributed by atoms with E-state index in [1.165, 1.54) is 0 Å². The summed E-state index contributed by atoms with van der Waals surface area (Å²) in [5.41, 5.74) is -3.20. The first-order valence-corrected chi connectivity index (χ1v) is 18.2. The maximum absolute atomic E-state index is 16.4. The Labute approximate surface area is 208 Å². The van der Waals surface area contributed by atoms with Crippen molar-refractivity contribution in [1.29, 1.82) is 0 Å². The summed E-state index contributed by atoms with van der Waals surface area (Å²) in [6.07, 6.45) is -1.81. The molecule has 0 bridgehead atoms. The zero-order valence-corrected chi connectivity index (χ0v) is 24.8. The van der Waals surface area contributed by atoms with Gasteiger partial charge in [-0.2, -0.15) is 4.39 Å². The molecule has 11 heteroatoms. The lowest BCUT2D eigenvalue weighted by molar-refractivity contribution is -0.136. The summed E-state index contributed by atoms with van der Waals surface area (Å²) < 4.78 is 51.0. The van der Waals surface area contributed by atoms with Gasteiger partial charge in [-0.05, 0) is 55.0 Å². The third kappa shape index (κ3) is 5.30. The molecule has 0 radical (unpaired) electrons. The van der Waals surface area contributed by atoms with E-state index in [2.05, 4.69) is 54.6 Å². The predicted molar refractivity (Wildman–Crippen MR) is 137 cm³/mol. The lowest BCUT2D eigenvalue weighted by atomic mass is 9.91. The molecule has 0 spiro atoms. The van der Waals surface area contributed by atoms with Gasteiger partial charge >= 0.3 is 5.69 Å². The van der Waals surface area contributed by atoms with Gasteiger partial charge in [0, 0.05) is 0 Å². The highest BCUT2D eigenvalue weighted by atomic mass is 28.4. The molecule has 0 amide bonds. The minimum Gasteiger partial charge on any atom is -0.414 e. The number of halogens is 2. The molecule has 1 saturated heterocycles. The van der Waals surface area contributed by atoms with Gasteiger partial charge in [0.1, 0.15) is 11.7 Å². The van der Waals surface area contributed by atoms with Gasteiger partial charge in [-0.25, -0.2) is 9.18 Å². The first-order valence-electron chi connectivity index (χ1n) is 12.4. The fourth-order valence-electron chi connectivity index (χ4n) is 3.94. The molecule has 1 N–H and O–H groups in total. The van der Waals surface area contributed by atoms with Gasteiger partial charge in [-0.3, -0.25) is 14.3 Å². The normalized spacial score (nSPS) is 28.5. The topological polar surface area (TPSA) is 82.5 Å². The molecule has 1 aromatic heterocycles. The van der Waals surface area contributed by atoms with Gasteiger partial charge in [-0.15, -0.1) is 0 Å². The van der Waals surface area contributed by atoms with E-state index in [1.54, 1.807) is 0 Å². The van der Waals surface area contributed by atoms with Crippen LogP contribution in [-0.4, -0.2) is 50.7 Å². The maximum atomic E-state index is 16.4. The average molecular weight is 533 g/mol. The average Bonchev–Trinajstić information content (AvgIpc) is 3.50. The lowest BCUT2D eigenvalue weighted by Gasteiger charge is -2.45. The van der Waals surface area contributed by atoms with Gasteiger partial charge in [-0.1, -0.05) is 41.5 Å². The molecule has 2 aliphatic rings. The Morgan fingerprint density at radius 1 is 1.09 bits per heavy atom. The summed E-state index contributed by atoms with van der Waals surface area (Å²) in [5, 5.41) is -0.263. The molecule has 0 unspecified atom stereocenters. The molecule has 1 aliphatic heterocycles.